The van der Waals surface area contributed by atoms with Gasteiger partial charge in [-0.3, -0.25) is 0 Å². The second-order valence-corrected chi connectivity index (χ2v) is 7.82. The van der Waals surface area contributed by atoms with Crippen molar-refractivity contribution in [2.45, 2.75) is 26.2 Å². The summed E-state index contributed by atoms with van der Waals surface area (Å²) in [6.07, 6.45) is 3.66. The number of ether oxygens (including phenoxy) is 2. The van der Waals surface area contributed by atoms with E-state index in [1.807, 2.05) is 42.5 Å². The number of esters is 2. The fraction of sp³-hybridized carbons (Fsp3) is 0.214. The van der Waals surface area contributed by atoms with Crippen LogP contribution in [0.25, 0.3) is 6.08 Å². The quantitative estimate of drug-likeness (QED) is 0.449. The first-order valence-corrected chi connectivity index (χ1v) is 11.1. The summed E-state index contributed by atoms with van der Waals surface area (Å²) in [6, 6.07) is 20.3. The molecule has 1 heterocycles. The van der Waals surface area contributed by atoms with Crippen molar-refractivity contribution in [2.24, 2.45) is 0 Å². The van der Waals surface area contributed by atoms with Gasteiger partial charge in [0.25, 0.3) is 0 Å². The zero-order valence-corrected chi connectivity index (χ0v) is 19.6. The van der Waals surface area contributed by atoms with Crippen molar-refractivity contribution in [3.05, 3.63) is 99.9 Å². The molecule has 0 fully saturated rings. The predicted molar refractivity (Wildman–Crippen MR) is 130 cm³/mol. The second kappa shape index (κ2) is 12.0. The molecule has 1 N–H and O–H groups in total. The van der Waals surface area contributed by atoms with Crippen molar-refractivity contribution < 1.29 is 19.1 Å². The Morgan fingerprint density at radius 1 is 0.943 bits per heavy atom. The molecule has 2 aromatic rings. The molecule has 1 atom stereocenters. The van der Waals surface area contributed by atoms with E-state index in [9.17, 15) is 9.59 Å². The fourth-order valence-electron chi connectivity index (χ4n) is 3.84. The van der Waals surface area contributed by atoms with Crippen LogP contribution in [0.2, 0.25) is 0 Å². The van der Waals surface area contributed by atoms with Gasteiger partial charge in [-0.15, -0.1) is 0 Å². The molecule has 1 aliphatic heterocycles. The molecule has 0 aliphatic carbocycles. The summed E-state index contributed by atoms with van der Waals surface area (Å²) in [6.45, 7) is 3.47. The Balaban J connectivity index is 1.90. The average molecular weight is 468 g/mol. The molecule has 1 aliphatic rings. The monoisotopic (exact) mass is 467 g/mol. The minimum absolute atomic E-state index is 0.0508. The SMILES string of the molecule is CC1=C(C(=O)OCC=Cc2ccccc2)C(c2ccc(C#N)cc2)C(C(=O)OCCC#N)=C(C)N1. The fourth-order valence-corrected chi connectivity index (χ4v) is 3.84. The van der Waals surface area contributed by atoms with Crippen LogP contribution in [0, 0.1) is 22.7 Å². The number of carbonyl (C=O) groups excluding carboxylic acids is 2. The van der Waals surface area contributed by atoms with Gasteiger partial charge in [-0.2, -0.15) is 10.5 Å². The van der Waals surface area contributed by atoms with Crippen LogP contribution >= 0.6 is 0 Å². The molecule has 2 aromatic carbocycles. The summed E-state index contributed by atoms with van der Waals surface area (Å²) in [5.41, 5.74) is 3.71. The molecule has 0 radical (unpaired) electrons. The molecule has 7 heteroatoms. The number of dihydropyridines is 1. The predicted octanol–water partition coefficient (Wildman–Crippen LogP) is 4.51. The topological polar surface area (TPSA) is 112 Å². The van der Waals surface area contributed by atoms with Gasteiger partial charge >= 0.3 is 11.9 Å². The lowest BCUT2D eigenvalue weighted by Crippen LogP contribution is -2.32. The van der Waals surface area contributed by atoms with E-state index in [1.165, 1.54) is 0 Å². The Morgan fingerprint density at radius 3 is 2.17 bits per heavy atom. The largest absolute Gasteiger partial charge is 0.461 e. The summed E-state index contributed by atoms with van der Waals surface area (Å²) in [7, 11) is 0. The zero-order chi connectivity index (χ0) is 25.2. The number of carbonyl (C=O) groups is 2. The molecule has 0 spiro atoms. The summed E-state index contributed by atoms with van der Waals surface area (Å²) in [4.78, 5) is 26.3. The number of hydrogen-bond donors (Lipinski definition) is 1. The molecule has 7 nitrogen and oxygen atoms in total. The molecular weight excluding hydrogens is 442 g/mol. The van der Waals surface area contributed by atoms with E-state index in [4.69, 9.17) is 20.0 Å². The van der Waals surface area contributed by atoms with Crippen molar-refractivity contribution in [1.82, 2.24) is 5.32 Å². The normalized spacial score (nSPS) is 15.3. The summed E-state index contributed by atoms with van der Waals surface area (Å²) in [5.74, 6) is -1.96. The minimum Gasteiger partial charge on any atom is -0.461 e. The van der Waals surface area contributed by atoms with Crippen LogP contribution in [0.4, 0.5) is 0 Å². The first-order valence-electron chi connectivity index (χ1n) is 11.1. The molecule has 0 bridgehead atoms. The van der Waals surface area contributed by atoms with Gasteiger partial charge in [-0.1, -0.05) is 48.5 Å². The highest BCUT2D eigenvalue weighted by Gasteiger charge is 2.38. The van der Waals surface area contributed by atoms with Crippen molar-refractivity contribution in [2.75, 3.05) is 13.2 Å². The first-order chi connectivity index (χ1) is 17.0. The molecule has 35 heavy (non-hydrogen) atoms. The maximum Gasteiger partial charge on any atom is 0.337 e. The smallest absolute Gasteiger partial charge is 0.337 e. The third kappa shape index (κ3) is 6.25. The maximum absolute atomic E-state index is 13.2. The van der Waals surface area contributed by atoms with E-state index in [0.29, 0.717) is 22.5 Å². The lowest BCUT2D eigenvalue weighted by atomic mass is 9.80. The number of hydrogen-bond acceptors (Lipinski definition) is 7. The second-order valence-electron chi connectivity index (χ2n) is 7.82. The highest BCUT2D eigenvalue weighted by molar-refractivity contribution is 6.00. The Kier molecular flexibility index (Phi) is 8.59. The van der Waals surface area contributed by atoms with E-state index in [1.54, 1.807) is 44.2 Å². The van der Waals surface area contributed by atoms with Crippen LogP contribution in [0.5, 0.6) is 0 Å². The summed E-state index contributed by atoms with van der Waals surface area (Å²) in [5, 5.41) is 21.0. The van der Waals surface area contributed by atoms with Gasteiger partial charge in [-0.05, 0) is 43.2 Å². The first kappa shape index (κ1) is 25.0. The maximum atomic E-state index is 13.2. The van der Waals surface area contributed by atoms with E-state index >= 15 is 0 Å². The number of nitrogens with one attached hydrogen (secondary N) is 1. The number of benzene rings is 2. The van der Waals surface area contributed by atoms with Crippen LogP contribution in [0.1, 0.15) is 42.9 Å². The van der Waals surface area contributed by atoms with Gasteiger partial charge in [-0.25, -0.2) is 9.59 Å². The van der Waals surface area contributed by atoms with Crippen molar-refractivity contribution in [3.8, 4) is 12.1 Å². The molecule has 0 amide bonds. The molecule has 3 rings (SSSR count). The Labute approximate surface area is 204 Å². The van der Waals surface area contributed by atoms with E-state index in [-0.39, 0.29) is 30.8 Å². The van der Waals surface area contributed by atoms with Gasteiger partial charge in [0, 0.05) is 11.4 Å². The lowest BCUT2D eigenvalue weighted by Gasteiger charge is -2.30. The standard InChI is InChI=1S/C28H25N3O4/c1-19-24(27(32)34-16-6-10-21-8-4-3-5-9-21)26(23-13-11-22(18-30)12-14-23)25(20(2)31-19)28(33)35-17-7-15-29/h3-6,8-14,26,31H,7,16-17H2,1-2H3. The molecule has 0 saturated heterocycles. The lowest BCUT2D eigenvalue weighted by molar-refractivity contribution is -0.139. The third-order valence-electron chi connectivity index (χ3n) is 5.44. The van der Waals surface area contributed by atoms with Crippen LogP contribution < -0.4 is 5.32 Å². The van der Waals surface area contributed by atoms with Gasteiger partial charge in [0.2, 0.25) is 0 Å². The van der Waals surface area contributed by atoms with Crippen molar-refractivity contribution in [1.29, 1.82) is 10.5 Å². The molecule has 176 valence electrons. The molecule has 0 aromatic heterocycles. The number of nitriles is 2. The molecule has 1 unspecified atom stereocenters. The number of nitrogens with zero attached hydrogens (tertiary/aromatic N) is 2. The number of rotatable bonds is 8. The van der Waals surface area contributed by atoms with Gasteiger partial charge < -0.3 is 14.8 Å². The van der Waals surface area contributed by atoms with Crippen LogP contribution in [0.15, 0.2) is 83.2 Å². The Bertz CT molecular complexity index is 1260. The average Bonchev–Trinajstić information content (AvgIpc) is 2.86. The van der Waals surface area contributed by atoms with Crippen molar-refractivity contribution >= 4 is 18.0 Å². The van der Waals surface area contributed by atoms with E-state index in [0.717, 1.165) is 5.56 Å². The molecule has 0 saturated carbocycles. The van der Waals surface area contributed by atoms with E-state index < -0.39 is 17.9 Å². The van der Waals surface area contributed by atoms with Gasteiger partial charge in [0.05, 0.1) is 41.2 Å². The van der Waals surface area contributed by atoms with Gasteiger partial charge in [0.15, 0.2) is 0 Å². The van der Waals surface area contributed by atoms with Crippen LogP contribution in [-0.2, 0) is 19.1 Å². The Hall–Kier alpha value is -4.62. The van der Waals surface area contributed by atoms with Crippen molar-refractivity contribution in [3.63, 3.8) is 0 Å². The molecular formula is C28H25N3O4. The van der Waals surface area contributed by atoms with Crippen LogP contribution in [-0.4, -0.2) is 25.2 Å². The van der Waals surface area contributed by atoms with Crippen LogP contribution in [0.3, 0.4) is 0 Å². The number of allylic oxidation sites excluding steroid dienone is 2. The highest BCUT2D eigenvalue weighted by Crippen LogP contribution is 2.39. The van der Waals surface area contributed by atoms with E-state index in [2.05, 4.69) is 11.4 Å². The third-order valence-corrected chi connectivity index (χ3v) is 5.44. The zero-order valence-electron chi connectivity index (χ0n) is 19.6. The Morgan fingerprint density at radius 2 is 1.57 bits per heavy atom. The van der Waals surface area contributed by atoms with Gasteiger partial charge in [0.1, 0.15) is 13.2 Å². The summed E-state index contributed by atoms with van der Waals surface area (Å²) >= 11 is 0. The minimum atomic E-state index is -0.760. The highest BCUT2D eigenvalue weighted by atomic mass is 16.5. The summed E-state index contributed by atoms with van der Waals surface area (Å²) < 4.78 is 10.8.